The van der Waals surface area contributed by atoms with Gasteiger partial charge in [0.1, 0.15) is 0 Å². The molecule has 1 rings (SSSR count). The summed E-state index contributed by atoms with van der Waals surface area (Å²) in [5.74, 6) is -0.348. The van der Waals surface area contributed by atoms with Gasteiger partial charge in [-0.1, -0.05) is 13.0 Å². The molecule has 0 bridgehead atoms. The van der Waals surface area contributed by atoms with Gasteiger partial charge < -0.3 is 9.47 Å². The van der Waals surface area contributed by atoms with Crippen molar-refractivity contribution in [2.45, 2.75) is 26.7 Å². The summed E-state index contributed by atoms with van der Waals surface area (Å²) in [6, 6.07) is 4.72. The Bertz CT molecular complexity index is 486. The number of esters is 1. The molecule has 20 heavy (non-hydrogen) atoms. The number of nitro groups is 1. The highest BCUT2D eigenvalue weighted by Crippen LogP contribution is 2.28. The monoisotopic (exact) mass is 281 g/mol. The van der Waals surface area contributed by atoms with Crippen LogP contribution in [0.1, 0.15) is 25.8 Å². The van der Waals surface area contributed by atoms with Gasteiger partial charge in [-0.25, -0.2) is 0 Å². The number of hydrogen-bond acceptors (Lipinski definition) is 5. The van der Waals surface area contributed by atoms with E-state index in [1.54, 1.807) is 19.1 Å². The molecular weight excluding hydrogens is 262 g/mol. The third kappa shape index (κ3) is 3.94. The number of hydrogen-bond donors (Lipinski definition) is 0. The van der Waals surface area contributed by atoms with Crippen LogP contribution in [0.4, 0.5) is 5.69 Å². The maximum absolute atomic E-state index is 11.7. The van der Waals surface area contributed by atoms with E-state index in [0.717, 1.165) is 5.56 Å². The molecule has 0 saturated heterocycles. The lowest BCUT2D eigenvalue weighted by Crippen LogP contribution is -2.19. The zero-order chi connectivity index (χ0) is 15.1. The molecule has 0 heterocycles. The van der Waals surface area contributed by atoms with Gasteiger partial charge >= 0.3 is 11.7 Å². The van der Waals surface area contributed by atoms with Gasteiger partial charge in [0.2, 0.25) is 0 Å². The van der Waals surface area contributed by atoms with E-state index in [4.69, 9.17) is 9.47 Å². The van der Waals surface area contributed by atoms with Crippen LogP contribution in [0.25, 0.3) is 0 Å². The molecule has 1 aromatic carbocycles. The smallest absolute Gasteiger partial charge is 0.311 e. The number of nitrogens with zero attached hydrogens (tertiary/aromatic N) is 1. The summed E-state index contributed by atoms with van der Waals surface area (Å²) in [5.41, 5.74) is 0.626. The Labute approximate surface area is 117 Å². The van der Waals surface area contributed by atoms with Crippen molar-refractivity contribution in [2.24, 2.45) is 5.92 Å². The largest absolute Gasteiger partial charge is 0.490 e. The van der Waals surface area contributed by atoms with E-state index in [1.165, 1.54) is 13.2 Å². The molecule has 1 aromatic rings. The Balaban J connectivity index is 2.94. The van der Waals surface area contributed by atoms with Crippen molar-refractivity contribution in [3.8, 4) is 5.75 Å². The molecule has 0 aromatic heterocycles. The maximum Gasteiger partial charge on any atom is 0.311 e. The molecule has 6 nitrogen and oxygen atoms in total. The van der Waals surface area contributed by atoms with Gasteiger partial charge in [-0.2, -0.15) is 0 Å². The zero-order valence-electron chi connectivity index (χ0n) is 11.9. The Kier molecular flexibility index (Phi) is 5.96. The van der Waals surface area contributed by atoms with E-state index in [0.29, 0.717) is 19.4 Å². The predicted molar refractivity (Wildman–Crippen MR) is 73.8 cm³/mol. The molecular formula is C14H19NO5. The lowest BCUT2D eigenvalue weighted by atomic mass is 9.96. The van der Waals surface area contributed by atoms with Crippen LogP contribution in [0.15, 0.2) is 18.2 Å². The first-order valence-corrected chi connectivity index (χ1v) is 6.51. The maximum atomic E-state index is 11.7. The summed E-state index contributed by atoms with van der Waals surface area (Å²) in [6.07, 6.45) is 1.04. The van der Waals surface area contributed by atoms with Gasteiger partial charge in [-0.05, 0) is 31.4 Å². The zero-order valence-corrected chi connectivity index (χ0v) is 11.9. The normalized spacial score (nSPS) is 11.8. The molecule has 0 aliphatic rings. The second-order valence-electron chi connectivity index (χ2n) is 4.32. The first-order chi connectivity index (χ1) is 9.53. The highest BCUT2D eigenvalue weighted by Gasteiger charge is 2.21. The van der Waals surface area contributed by atoms with Crippen molar-refractivity contribution in [1.82, 2.24) is 0 Å². The highest BCUT2D eigenvalue weighted by atomic mass is 16.6. The summed E-state index contributed by atoms with van der Waals surface area (Å²) in [5, 5.41) is 11.0. The number of rotatable bonds is 7. The average molecular weight is 281 g/mol. The third-order valence-corrected chi connectivity index (χ3v) is 3.03. The summed E-state index contributed by atoms with van der Waals surface area (Å²) >= 11 is 0. The molecule has 1 atom stereocenters. The minimum atomic E-state index is -0.492. The molecule has 0 saturated carbocycles. The second kappa shape index (κ2) is 7.47. The standard InChI is InChI=1S/C14H19NO5/c1-4-11(14(16)20-5-2)8-10-6-7-13(19-3)12(9-10)15(17)18/h6-7,9,11H,4-5,8H2,1-3H3/t11-/m1/s1. The van der Waals surface area contributed by atoms with Crippen molar-refractivity contribution in [3.05, 3.63) is 33.9 Å². The molecule has 0 N–H and O–H groups in total. The van der Waals surface area contributed by atoms with E-state index in [1.807, 2.05) is 6.92 Å². The van der Waals surface area contributed by atoms with Gasteiger partial charge in [0, 0.05) is 6.07 Å². The molecule has 0 fully saturated rings. The molecule has 0 radical (unpaired) electrons. The minimum absolute atomic E-state index is 0.0938. The van der Waals surface area contributed by atoms with E-state index in [2.05, 4.69) is 0 Å². The van der Waals surface area contributed by atoms with Crippen LogP contribution in [0, 0.1) is 16.0 Å². The fraction of sp³-hybridized carbons (Fsp3) is 0.500. The van der Waals surface area contributed by atoms with Gasteiger partial charge in [0.05, 0.1) is 24.6 Å². The van der Waals surface area contributed by atoms with Crippen molar-refractivity contribution in [1.29, 1.82) is 0 Å². The fourth-order valence-corrected chi connectivity index (χ4v) is 1.94. The number of ether oxygens (including phenoxy) is 2. The lowest BCUT2D eigenvalue weighted by molar-refractivity contribution is -0.385. The number of methoxy groups -OCH3 is 1. The molecule has 0 aliphatic carbocycles. The van der Waals surface area contributed by atoms with E-state index in [-0.39, 0.29) is 23.3 Å². The number of carbonyl (C=O) groups excluding carboxylic acids is 1. The lowest BCUT2D eigenvalue weighted by Gasteiger charge is -2.13. The summed E-state index contributed by atoms with van der Waals surface area (Å²) < 4.78 is 9.94. The van der Waals surface area contributed by atoms with E-state index < -0.39 is 4.92 Å². The van der Waals surface area contributed by atoms with Crippen LogP contribution in [0.3, 0.4) is 0 Å². The van der Waals surface area contributed by atoms with Crippen molar-refractivity contribution >= 4 is 11.7 Å². The number of benzene rings is 1. The van der Waals surface area contributed by atoms with Crippen molar-refractivity contribution in [2.75, 3.05) is 13.7 Å². The van der Waals surface area contributed by atoms with E-state index >= 15 is 0 Å². The quantitative estimate of drug-likeness (QED) is 0.436. The Morgan fingerprint density at radius 3 is 2.60 bits per heavy atom. The highest BCUT2D eigenvalue weighted by molar-refractivity contribution is 5.72. The summed E-state index contributed by atoms with van der Waals surface area (Å²) in [6.45, 7) is 3.97. The Morgan fingerprint density at radius 2 is 2.10 bits per heavy atom. The van der Waals surface area contributed by atoms with Gasteiger partial charge in [-0.15, -0.1) is 0 Å². The molecule has 0 unspecified atom stereocenters. The summed E-state index contributed by atoms with van der Waals surface area (Å²) in [4.78, 5) is 22.2. The molecule has 0 aliphatic heterocycles. The van der Waals surface area contributed by atoms with Crippen LogP contribution in [-0.2, 0) is 16.0 Å². The van der Waals surface area contributed by atoms with Crippen LogP contribution < -0.4 is 4.74 Å². The topological polar surface area (TPSA) is 78.7 Å². The fourth-order valence-electron chi connectivity index (χ4n) is 1.94. The second-order valence-corrected chi connectivity index (χ2v) is 4.32. The molecule has 6 heteroatoms. The van der Waals surface area contributed by atoms with Crippen LogP contribution in [0.5, 0.6) is 5.75 Å². The van der Waals surface area contributed by atoms with Crippen LogP contribution in [-0.4, -0.2) is 24.6 Å². The molecule has 0 amide bonds. The summed E-state index contributed by atoms with van der Waals surface area (Å²) in [7, 11) is 1.38. The number of nitro benzene ring substituents is 1. The average Bonchev–Trinajstić information content (AvgIpc) is 2.44. The predicted octanol–water partition coefficient (Wildman–Crippen LogP) is 2.74. The SMILES string of the molecule is CCOC(=O)[C@H](CC)Cc1ccc(OC)c([N+](=O)[O-])c1. The van der Waals surface area contributed by atoms with Crippen molar-refractivity contribution in [3.63, 3.8) is 0 Å². The molecule has 110 valence electrons. The van der Waals surface area contributed by atoms with Crippen LogP contribution in [0.2, 0.25) is 0 Å². The number of carbonyl (C=O) groups is 1. The van der Waals surface area contributed by atoms with Crippen LogP contribution >= 0.6 is 0 Å². The molecule has 0 spiro atoms. The first kappa shape index (κ1) is 15.9. The Hall–Kier alpha value is -2.11. The van der Waals surface area contributed by atoms with Gasteiger partial charge in [0.25, 0.3) is 0 Å². The first-order valence-electron chi connectivity index (χ1n) is 6.51. The Morgan fingerprint density at radius 1 is 1.40 bits per heavy atom. The van der Waals surface area contributed by atoms with E-state index in [9.17, 15) is 14.9 Å². The third-order valence-electron chi connectivity index (χ3n) is 3.03. The van der Waals surface area contributed by atoms with Crippen molar-refractivity contribution < 1.29 is 19.2 Å². The van der Waals surface area contributed by atoms with Gasteiger partial charge in [-0.3, -0.25) is 14.9 Å². The minimum Gasteiger partial charge on any atom is -0.490 e. The van der Waals surface area contributed by atoms with Gasteiger partial charge in [0.15, 0.2) is 5.75 Å².